The largest absolute Gasteiger partial charge is 0.468 e. The van der Waals surface area contributed by atoms with Crippen molar-refractivity contribution >= 4 is 0 Å². The van der Waals surface area contributed by atoms with Crippen molar-refractivity contribution in [3.63, 3.8) is 0 Å². The fraction of sp³-hybridized carbons (Fsp3) is 0.636. The molecule has 3 nitrogen and oxygen atoms in total. The molecule has 1 aromatic heterocycles. The third kappa shape index (κ3) is 2.36. The van der Waals surface area contributed by atoms with E-state index in [1.165, 1.54) is 12.8 Å². The Morgan fingerprint density at radius 3 is 3.21 bits per heavy atom. The summed E-state index contributed by atoms with van der Waals surface area (Å²) >= 11 is 0. The van der Waals surface area contributed by atoms with E-state index in [1.807, 2.05) is 12.1 Å². The highest BCUT2D eigenvalue weighted by Crippen LogP contribution is 2.14. The number of hydrogen-bond acceptors (Lipinski definition) is 3. The maximum Gasteiger partial charge on any atom is 0.120 e. The molecule has 0 radical (unpaired) electrons. The van der Waals surface area contributed by atoms with Crippen molar-refractivity contribution in [1.29, 1.82) is 0 Å². The summed E-state index contributed by atoms with van der Waals surface area (Å²) in [6.45, 7) is 4.38. The van der Waals surface area contributed by atoms with E-state index in [0.717, 1.165) is 18.8 Å². The van der Waals surface area contributed by atoms with Gasteiger partial charge in [-0.3, -0.25) is 0 Å². The van der Waals surface area contributed by atoms with E-state index >= 15 is 0 Å². The quantitative estimate of drug-likeness (QED) is 0.768. The van der Waals surface area contributed by atoms with Gasteiger partial charge in [-0.2, -0.15) is 0 Å². The molecular formula is C11H18N2O. The SMILES string of the molecule is C[C@H](N[C@H]1CCCNC1)c1ccco1. The average molecular weight is 194 g/mol. The minimum atomic E-state index is 0.315. The fourth-order valence-corrected chi connectivity index (χ4v) is 1.97. The van der Waals surface area contributed by atoms with Gasteiger partial charge in [-0.25, -0.2) is 0 Å². The van der Waals surface area contributed by atoms with E-state index in [4.69, 9.17) is 4.42 Å². The van der Waals surface area contributed by atoms with Crippen LogP contribution in [0.2, 0.25) is 0 Å². The number of piperidine rings is 1. The molecule has 2 N–H and O–H groups in total. The molecule has 78 valence electrons. The highest BCUT2D eigenvalue weighted by molar-refractivity contribution is 5.03. The molecule has 0 amide bonds. The van der Waals surface area contributed by atoms with Gasteiger partial charge in [-0.15, -0.1) is 0 Å². The van der Waals surface area contributed by atoms with Crippen LogP contribution in [0.3, 0.4) is 0 Å². The van der Waals surface area contributed by atoms with Crippen molar-refractivity contribution in [2.24, 2.45) is 0 Å². The zero-order valence-electron chi connectivity index (χ0n) is 8.62. The Kier molecular flexibility index (Phi) is 3.22. The van der Waals surface area contributed by atoms with Crippen molar-refractivity contribution in [2.75, 3.05) is 13.1 Å². The lowest BCUT2D eigenvalue weighted by atomic mass is 10.1. The summed E-state index contributed by atoms with van der Waals surface area (Å²) in [5, 5.41) is 6.96. The third-order valence-electron chi connectivity index (χ3n) is 2.75. The molecule has 2 rings (SSSR count). The molecule has 2 atom stereocenters. The molecule has 1 aliphatic rings. The monoisotopic (exact) mass is 194 g/mol. The predicted octanol–water partition coefficient (Wildman–Crippen LogP) is 1.68. The first kappa shape index (κ1) is 9.74. The van der Waals surface area contributed by atoms with Gasteiger partial charge in [0, 0.05) is 12.6 Å². The maximum absolute atomic E-state index is 5.35. The van der Waals surface area contributed by atoms with E-state index in [2.05, 4.69) is 17.6 Å². The lowest BCUT2D eigenvalue weighted by molar-refractivity contribution is 0.335. The smallest absolute Gasteiger partial charge is 0.120 e. The Bertz CT molecular complexity index is 252. The summed E-state index contributed by atoms with van der Waals surface area (Å²) in [6, 6.07) is 4.86. The first-order chi connectivity index (χ1) is 6.86. The van der Waals surface area contributed by atoms with Crippen LogP contribution in [0, 0.1) is 0 Å². The lowest BCUT2D eigenvalue weighted by Gasteiger charge is -2.26. The summed E-state index contributed by atoms with van der Waals surface area (Å²) in [5.41, 5.74) is 0. The zero-order chi connectivity index (χ0) is 9.80. The number of hydrogen-bond donors (Lipinski definition) is 2. The Morgan fingerprint density at radius 2 is 2.57 bits per heavy atom. The molecule has 0 bridgehead atoms. The second kappa shape index (κ2) is 4.62. The fourth-order valence-electron chi connectivity index (χ4n) is 1.97. The topological polar surface area (TPSA) is 37.2 Å². The van der Waals surface area contributed by atoms with Crippen molar-refractivity contribution in [2.45, 2.75) is 31.8 Å². The van der Waals surface area contributed by atoms with Crippen LogP contribution in [0.5, 0.6) is 0 Å². The number of furan rings is 1. The first-order valence-electron chi connectivity index (χ1n) is 5.36. The van der Waals surface area contributed by atoms with Crippen LogP contribution < -0.4 is 10.6 Å². The van der Waals surface area contributed by atoms with E-state index in [9.17, 15) is 0 Å². The average Bonchev–Trinajstić information content (AvgIpc) is 2.72. The van der Waals surface area contributed by atoms with E-state index in [1.54, 1.807) is 6.26 Å². The molecule has 3 heteroatoms. The Labute approximate surface area is 84.9 Å². The summed E-state index contributed by atoms with van der Waals surface area (Å²) in [6.07, 6.45) is 4.26. The van der Waals surface area contributed by atoms with Gasteiger partial charge >= 0.3 is 0 Å². The lowest BCUT2D eigenvalue weighted by Crippen LogP contribution is -2.43. The molecule has 1 saturated heterocycles. The van der Waals surface area contributed by atoms with Gasteiger partial charge in [0.1, 0.15) is 5.76 Å². The minimum absolute atomic E-state index is 0.315. The van der Waals surface area contributed by atoms with Crippen LogP contribution in [0.1, 0.15) is 31.6 Å². The normalized spacial score (nSPS) is 24.8. The van der Waals surface area contributed by atoms with Crippen LogP contribution >= 0.6 is 0 Å². The summed E-state index contributed by atoms with van der Waals surface area (Å²) in [5.74, 6) is 1.02. The van der Waals surface area contributed by atoms with Gasteiger partial charge in [0.15, 0.2) is 0 Å². The summed E-state index contributed by atoms with van der Waals surface area (Å²) in [7, 11) is 0. The van der Waals surface area contributed by atoms with Crippen LogP contribution in [-0.4, -0.2) is 19.1 Å². The van der Waals surface area contributed by atoms with Crippen molar-refractivity contribution < 1.29 is 4.42 Å². The first-order valence-corrected chi connectivity index (χ1v) is 5.36. The molecule has 14 heavy (non-hydrogen) atoms. The predicted molar refractivity (Wildman–Crippen MR) is 56.2 cm³/mol. The molecule has 0 unspecified atom stereocenters. The van der Waals surface area contributed by atoms with Crippen molar-refractivity contribution in [3.8, 4) is 0 Å². The molecular weight excluding hydrogens is 176 g/mol. The van der Waals surface area contributed by atoms with Crippen LogP contribution in [-0.2, 0) is 0 Å². The van der Waals surface area contributed by atoms with E-state index < -0.39 is 0 Å². The molecule has 1 aromatic rings. The van der Waals surface area contributed by atoms with E-state index in [-0.39, 0.29) is 0 Å². The molecule has 0 aromatic carbocycles. The Hall–Kier alpha value is -0.800. The molecule has 1 aliphatic heterocycles. The number of rotatable bonds is 3. The van der Waals surface area contributed by atoms with Gasteiger partial charge in [-0.1, -0.05) is 0 Å². The Morgan fingerprint density at radius 1 is 1.64 bits per heavy atom. The van der Waals surface area contributed by atoms with Gasteiger partial charge < -0.3 is 15.1 Å². The van der Waals surface area contributed by atoms with Crippen LogP contribution in [0.25, 0.3) is 0 Å². The zero-order valence-corrected chi connectivity index (χ0v) is 8.62. The third-order valence-corrected chi connectivity index (χ3v) is 2.75. The maximum atomic E-state index is 5.35. The number of nitrogens with one attached hydrogen (secondary N) is 2. The van der Waals surface area contributed by atoms with Crippen molar-refractivity contribution in [1.82, 2.24) is 10.6 Å². The van der Waals surface area contributed by atoms with Gasteiger partial charge in [-0.05, 0) is 38.4 Å². The van der Waals surface area contributed by atoms with Crippen LogP contribution in [0.4, 0.5) is 0 Å². The van der Waals surface area contributed by atoms with Gasteiger partial charge in [0.2, 0.25) is 0 Å². The van der Waals surface area contributed by atoms with Gasteiger partial charge in [0.05, 0.1) is 12.3 Å². The second-order valence-corrected chi connectivity index (χ2v) is 3.95. The summed E-state index contributed by atoms with van der Waals surface area (Å²) < 4.78 is 5.35. The molecule has 0 spiro atoms. The molecule has 2 heterocycles. The molecule has 0 aliphatic carbocycles. The summed E-state index contributed by atoms with van der Waals surface area (Å²) in [4.78, 5) is 0. The second-order valence-electron chi connectivity index (χ2n) is 3.95. The van der Waals surface area contributed by atoms with Gasteiger partial charge in [0.25, 0.3) is 0 Å². The standard InChI is InChI=1S/C11H18N2O/c1-9(11-5-3-7-14-11)13-10-4-2-6-12-8-10/h3,5,7,9-10,12-13H,2,4,6,8H2,1H3/t9-,10-/m0/s1. The minimum Gasteiger partial charge on any atom is -0.468 e. The van der Waals surface area contributed by atoms with E-state index in [0.29, 0.717) is 12.1 Å². The molecule has 0 saturated carbocycles. The highest BCUT2D eigenvalue weighted by Gasteiger charge is 2.16. The highest BCUT2D eigenvalue weighted by atomic mass is 16.3. The Balaban J connectivity index is 1.84. The van der Waals surface area contributed by atoms with Crippen LogP contribution in [0.15, 0.2) is 22.8 Å². The molecule has 1 fully saturated rings. The van der Waals surface area contributed by atoms with Crippen molar-refractivity contribution in [3.05, 3.63) is 24.2 Å².